The third-order valence-corrected chi connectivity index (χ3v) is 5.54. The van der Waals surface area contributed by atoms with Crippen LogP contribution in [0.15, 0.2) is 85.2 Å². The molecule has 0 aliphatic rings. The minimum absolute atomic E-state index is 0.126. The highest BCUT2D eigenvalue weighted by Crippen LogP contribution is 2.31. The summed E-state index contributed by atoms with van der Waals surface area (Å²) < 4.78 is 10.7. The summed E-state index contributed by atoms with van der Waals surface area (Å²) in [5, 5.41) is 3.76. The normalized spacial score (nSPS) is 11.6. The third kappa shape index (κ3) is 3.34. The Morgan fingerprint density at radius 1 is 0.618 bits per heavy atom. The maximum absolute atomic E-state index is 12.4. The summed E-state index contributed by atoms with van der Waals surface area (Å²) in [6.45, 7) is 0. The van der Waals surface area contributed by atoms with Gasteiger partial charge in [-0.1, -0.05) is 36.4 Å². The number of esters is 2. The zero-order chi connectivity index (χ0) is 23.1. The van der Waals surface area contributed by atoms with Crippen molar-refractivity contribution in [2.24, 2.45) is 0 Å². The molecular weight excluding hydrogens is 432 g/mol. The van der Waals surface area contributed by atoms with E-state index >= 15 is 0 Å². The van der Waals surface area contributed by atoms with E-state index in [1.165, 1.54) is 0 Å². The second-order valence-corrected chi connectivity index (χ2v) is 7.59. The number of hydrogen-bond donors (Lipinski definition) is 2. The van der Waals surface area contributed by atoms with Gasteiger partial charge in [-0.05, 0) is 24.3 Å². The molecule has 8 nitrogen and oxygen atoms in total. The monoisotopic (exact) mass is 448 g/mol. The number of nitrogens with one attached hydrogen (secondary N) is 2. The van der Waals surface area contributed by atoms with Gasteiger partial charge in [0, 0.05) is 57.1 Å². The van der Waals surface area contributed by atoms with Gasteiger partial charge in [-0.25, -0.2) is 19.6 Å². The molecule has 8 heteroatoms. The van der Waals surface area contributed by atoms with E-state index in [9.17, 15) is 9.59 Å². The standard InChI is InChI=1S/C26H16N4O4/c31-21(33-25-23-17(11-13-27-25)15-5-1-3-7-19(15)29-23)9-10-22(32)34-26-24-18(12-14-28-26)16-6-2-4-8-20(16)30-24/h1-14,29-30H/b10-9-. The van der Waals surface area contributed by atoms with Crippen molar-refractivity contribution in [1.82, 2.24) is 19.9 Å². The number of benzene rings is 2. The fourth-order valence-electron chi connectivity index (χ4n) is 4.05. The average Bonchev–Trinajstić information content (AvgIpc) is 3.43. The molecule has 0 unspecified atom stereocenters. The molecule has 164 valence electrons. The molecule has 4 aromatic heterocycles. The predicted molar refractivity (Wildman–Crippen MR) is 128 cm³/mol. The molecule has 0 amide bonds. The van der Waals surface area contributed by atoms with Crippen LogP contribution >= 0.6 is 0 Å². The highest BCUT2D eigenvalue weighted by atomic mass is 16.5. The Bertz CT molecular complexity index is 1630. The van der Waals surface area contributed by atoms with Crippen molar-refractivity contribution in [3.63, 3.8) is 0 Å². The van der Waals surface area contributed by atoms with Crippen molar-refractivity contribution in [3.05, 3.63) is 85.2 Å². The molecule has 0 bridgehead atoms. The molecule has 4 heterocycles. The highest BCUT2D eigenvalue weighted by Gasteiger charge is 2.14. The predicted octanol–water partition coefficient (Wildman–Crippen LogP) is 4.81. The van der Waals surface area contributed by atoms with Gasteiger partial charge >= 0.3 is 11.9 Å². The average molecular weight is 448 g/mol. The minimum Gasteiger partial charge on any atom is -0.402 e. The van der Waals surface area contributed by atoms with E-state index in [0.29, 0.717) is 11.0 Å². The SMILES string of the molecule is O=C(/C=C\C(=O)Oc1nccc2c1[nH]c1ccccc12)Oc1nccc2c1[nH]c1ccccc12. The van der Waals surface area contributed by atoms with Gasteiger partial charge in [-0.3, -0.25) is 0 Å². The molecule has 6 rings (SSSR count). The molecule has 0 aliphatic heterocycles. The number of carbonyl (C=O) groups is 2. The van der Waals surface area contributed by atoms with Crippen LogP contribution in [0.3, 0.4) is 0 Å². The van der Waals surface area contributed by atoms with E-state index in [2.05, 4.69) is 19.9 Å². The van der Waals surface area contributed by atoms with E-state index < -0.39 is 11.9 Å². The summed E-state index contributed by atoms with van der Waals surface area (Å²) in [6.07, 6.45) is 5.12. The lowest BCUT2D eigenvalue weighted by molar-refractivity contribution is -0.131. The number of rotatable bonds is 4. The molecule has 0 radical (unpaired) electrons. The molecule has 34 heavy (non-hydrogen) atoms. The van der Waals surface area contributed by atoms with Crippen molar-refractivity contribution < 1.29 is 19.1 Å². The number of carbonyl (C=O) groups excluding carboxylic acids is 2. The Kier molecular flexibility index (Phi) is 4.55. The van der Waals surface area contributed by atoms with Crippen molar-refractivity contribution in [2.75, 3.05) is 0 Å². The molecule has 2 aromatic carbocycles. The first-order valence-corrected chi connectivity index (χ1v) is 10.5. The number of aromatic amines is 2. The number of hydrogen-bond acceptors (Lipinski definition) is 6. The lowest BCUT2D eigenvalue weighted by atomic mass is 10.2. The Balaban J connectivity index is 1.21. The van der Waals surface area contributed by atoms with Gasteiger partial charge in [0.1, 0.15) is 11.0 Å². The van der Waals surface area contributed by atoms with Crippen LogP contribution in [-0.4, -0.2) is 31.9 Å². The molecule has 0 atom stereocenters. The Hall–Kier alpha value is -4.98. The summed E-state index contributed by atoms with van der Waals surface area (Å²) in [4.78, 5) is 39.5. The van der Waals surface area contributed by atoms with Crippen LogP contribution < -0.4 is 9.47 Å². The quantitative estimate of drug-likeness (QED) is 0.296. The zero-order valence-corrected chi connectivity index (χ0v) is 17.6. The fourth-order valence-corrected chi connectivity index (χ4v) is 4.05. The number of aromatic nitrogens is 4. The van der Waals surface area contributed by atoms with Crippen LogP contribution in [-0.2, 0) is 9.59 Å². The summed E-state index contributed by atoms with van der Waals surface area (Å²) in [5.41, 5.74) is 3.01. The van der Waals surface area contributed by atoms with Crippen molar-refractivity contribution in [3.8, 4) is 11.8 Å². The van der Waals surface area contributed by atoms with E-state index in [1.54, 1.807) is 12.4 Å². The molecule has 0 saturated carbocycles. The molecule has 0 saturated heterocycles. The number of nitrogens with zero attached hydrogens (tertiary/aromatic N) is 2. The smallest absolute Gasteiger partial charge is 0.337 e. The fraction of sp³-hybridized carbons (Fsp3) is 0. The molecule has 2 N–H and O–H groups in total. The van der Waals surface area contributed by atoms with Gasteiger partial charge in [0.15, 0.2) is 0 Å². The Morgan fingerprint density at radius 2 is 1.06 bits per heavy atom. The molecule has 6 aromatic rings. The first-order chi connectivity index (χ1) is 16.7. The summed E-state index contributed by atoms with van der Waals surface area (Å²) in [5.74, 6) is -1.26. The molecule has 0 spiro atoms. The van der Waals surface area contributed by atoms with Gasteiger partial charge < -0.3 is 19.4 Å². The Labute approximate surface area is 191 Å². The molecule has 0 aliphatic carbocycles. The van der Waals surface area contributed by atoms with E-state index in [0.717, 1.165) is 44.7 Å². The second kappa shape index (κ2) is 7.86. The van der Waals surface area contributed by atoms with E-state index in [4.69, 9.17) is 9.47 Å². The first kappa shape index (κ1) is 19.7. The van der Waals surface area contributed by atoms with Crippen molar-refractivity contribution >= 4 is 55.6 Å². The van der Waals surface area contributed by atoms with Crippen LogP contribution in [0.1, 0.15) is 0 Å². The summed E-state index contributed by atoms with van der Waals surface area (Å²) >= 11 is 0. The maximum Gasteiger partial charge on any atom is 0.337 e. The van der Waals surface area contributed by atoms with Crippen LogP contribution in [0, 0.1) is 0 Å². The number of para-hydroxylation sites is 2. The van der Waals surface area contributed by atoms with Crippen LogP contribution in [0.5, 0.6) is 11.8 Å². The first-order valence-electron chi connectivity index (χ1n) is 10.5. The van der Waals surface area contributed by atoms with Gasteiger partial charge in [-0.2, -0.15) is 0 Å². The van der Waals surface area contributed by atoms with Gasteiger partial charge in [-0.15, -0.1) is 0 Å². The van der Waals surface area contributed by atoms with Gasteiger partial charge in [0.05, 0.1) is 0 Å². The lowest BCUT2D eigenvalue weighted by Gasteiger charge is -2.02. The van der Waals surface area contributed by atoms with Crippen LogP contribution in [0.25, 0.3) is 43.6 Å². The number of pyridine rings is 2. The maximum atomic E-state index is 12.4. The molecule has 0 fully saturated rings. The van der Waals surface area contributed by atoms with E-state index in [1.807, 2.05) is 60.7 Å². The van der Waals surface area contributed by atoms with Crippen LogP contribution in [0.2, 0.25) is 0 Å². The largest absolute Gasteiger partial charge is 0.402 e. The van der Waals surface area contributed by atoms with Crippen LogP contribution in [0.4, 0.5) is 0 Å². The van der Waals surface area contributed by atoms with E-state index in [-0.39, 0.29) is 11.8 Å². The summed E-state index contributed by atoms with van der Waals surface area (Å²) in [7, 11) is 0. The number of H-pyrrole nitrogens is 2. The van der Waals surface area contributed by atoms with Gasteiger partial charge in [0.25, 0.3) is 0 Å². The minimum atomic E-state index is -0.757. The summed E-state index contributed by atoms with van der Waals surface area (Å²) in [6, 6.07) is 19.2. The Morgan fingerprint density at radius 3 is 1.53 bits per heavy atom. The van der Waals surface area contributed by atoms with Crippen molar-refractivity contribution in [2.45, 2.75) is 0 Å². The lowest BCUT2D eigenvalue weighted by Crippen LogP contribution is -2.10. The van der Waals surface area contributed by atoms with Gasteiger partial charge in [0.2, 0.25) is 11.8 Å². The molecular formula is C26H16N4O4. The van der Waals surface area contributed by atoms with Crippen molar-refractivity contribution in [1.29, 1.82) is 0 Å². The number of ether oxygens (including phenoxy) is 2. The zero-order valence-electron chi connectivity index (χ0n) is 17.6. The third-order valence-electron chi connectivity index (χ3n) is 5.54. The topological polar surface area (TPSA) is 110 Å². The highest BCUT2D eigenvalue weighted by molar-refractivity contribution is 6.10. The second-order valence-electron chi connectivity index (χ2n) is 7.59. The number of fused-ring (bicyclic) bond motifs is 6.